The van der Waals surface area contributed by atoms with E-state index in [1.165, 1.54) is 49.2 Å². The van der Waals surface area contributed by atoms with Gasteiger partial charge < -0.3 is 14.8 Å². The molecule has 1 amide bonds. The van der Waals surface area contributed by atoms with Crippen LogP contribution in [0.2, 0.25) is 0 Å². The van der Waals surface area contributed by atoms with Gasteiger partial charge in [0.1, 0.15) is 11.5 Å². The van der Waals surface area contributed by atoms with Crippen LogP contribution in [0.3, 0.4) is 0 Å². The van der Waals surface area contributed by atoms with Gasteiger partial charge in [0.05, 0.1) is 24.2 Å². The SMILES string of the molecule is COc1ccc(S(=O)(=O)N2C[C@H](C(=O)NCCSC3CCCC3)Oc3cc(C)ccc32)cc1. The lowest BCUT2D eigenvalue weighted by atomic mass is 10.1. The van der Waals surface area contributed by atoms with Gasteiger partial charge >= 0.3 is 0 Å². The zero-order valence-corrected chi connectivity index (χ0v) is 20.6. The van der Waals surface area contributed by atoms with Gasteiger partial charge in [-0.05, 0) is 61.7 Å². The second kappa shape index (κ2) is 10.3. The molecule has 2 aromatic carbocycles. The molecule has 2 aromatic rings. The van der Waals surface area contributed by atoms with Gasteiger partial charge in [-0.1, -0.05) is 18.9 Å². The number of carbonyl (C=O) groups excluding carboxylic acids is 1. The molecule has 4 rings (SSSR count). The Hall–Kier alpha value is -2.39. The molecule has 0 radical (unpaired) electrons. The number of rotatable bonds is 8. The number of benzene rings is 2. The molecule has 1 atom stereocenters. The van der Waals surface area contributed by atoms with Gasteiger partial charge in [0, 0.05) is 17.5 Å². The maximum absolute atomic E-state index is 13.5. The summed E-state index contributed by atoms with van der Waals surface area (Å²) in [5, 5.41) is 3.61. The number of hydrogen-bond donors (Lipinski definition) is 1. The van der Waals surface area contributed by atoms with E-state index in [9.17, 15) is 13.2 Å². The summed E-state index contributed by atoms with van der Waals surface area (Å²) in [6, 6.07) is 11.5. The summed E-state index contributed by atoms with van der Waals surface area (Å²) in [4.78, 5) is 13.0. The van der Waals surface area contributed by atoms with E-state index < -0.39 is 16.1 Å². The Bertz CT molecular complexity index is 1080. The Labute approximate surface area is 199 Å². The van der Waals surface area contributed by atoms with Crippen LogP contribution in [0.15, 0.2) is 47.4 Å². The third-order valence-corrected chi connectivity index (χ3v) is 9.16. The molecule has 2 aliphatic rings. The van der Waals surface area contributed by atoms with Crippen LogP contribution in [0.5, 0.6) is 11.5 Å². The van der Waals surface area contributed by atoms with Gasteiger partial charge in [0.25, 0.3) is 15.9 Å². The Morgan fingerprint density at radius 1 is 1.18 bits per heavy atom. The van der Waals surface area contributed by atoms with Crippen molar-refractivity contribution in [1.82, 2.24) is 5.32 Å². The number of nitrogens with zero attached hydrogens (tertiary/aromatic N) is 1. The minimum Gasteiger partial charge on any atom is -0.497 e. The molecule has 0 aromatic heterocycles. The van der Waals surface area contributed by atoms with Crippen LogP contribution in [0.1, 0.15) is 31.2 Å². The highest BCUT2D eigenvalue weighted by atomic mass is 32.2. The quantitative estimate of drug-likeness (QED) is 0.568. The molecule has 1 aliphatic heterocycles. The van der Waals surface area contributed by atoms with E-state index in [4.69, 9.17) is 9.47 Å². The van der Waals surface area contributed by atoms with Crippen molar-refractivity contribution in [2.45, 2.75) is 48.9 Å². The monoisotopic (exact) mass is 490 g/mol. The van der Waals surface area contributed by atoms with Crippen molar-refractivity contribution in [1.29, 1.82) is 0 Å². The Kier molecular flexibility index (Phi) is 7.38. The summed E-state index contributed by atoms with van der Waals surface area (Å²) >= 11 is 1.90. The number of methoxy groups -OCH3 is 1. The van der Waals surface area contributed by atoms with Crippen LogP contribution in [0.4, 0.5) is 5.69 Å². The fourth-order valence-electron chi connectivity index (χ4n) is 4.17. The summed E-state index contributed by atoms with van der Waals surface area (Å²) in [5.74, 6) is 1.50. The number of nitrogens with one attached hydrogen (secondary N) is 1. The zero-order chi connectivity index (χ0) is 23.4. The summed E-state index contributed by atoms with van der Waals surface area (Å²) in [6.45, 7) is 2.34. The number of fused-ring (bicyclic) bond motifs is 1. The molecule has 0 saturated heterocycles. The number of carbonyl (C=O) groups is 1. The van der Waals surface area contributed by atoms with Crippen LogP contribution < -0.4 is 19.1 Å². The van der Waals surface area contributed by atoms with E-state index in [1.54, 1.807) is 24.3 Å². The molecular weight excluding hydrogens is 460 g/mol. The number of ether oxygens (including phenoxy) is 2. The number of hydrogen-bond acceptors (Lipinski definition) is 6. The van der Waals surface area contributed by atoms with Gasteiger partial charge in [-0.3, -0.25) is 9.10 Å². The van der Waals surface area contributed by atoms with Gasteiger partial charge in [0.2, 0.25) is 0 Å². The number of thioether (sulfide) groups is 1. The van der Waals surface area contributed by atoms with Crippen molar-refractivity contribution in [2.75, 3.05) is 30.3 Å². The fraction of sp³-hybridized carbons (Fsp3) is 0.458. The van der Waals surface area contributed by atoms with Crippen molar-refractivity contribution in [3.63, 3.8) is 0 Å². The van der Waals surface area contributed by atoms with Gasteiger partial charge in [-0.25, -0.2) is 8.42 Å². The van der Waals surface area contributed by atoms with E-state index in [0.29, 0.717) is 29.0 Å². The topological polar surface area (TPSA) is 84.9 Å². The normalized spacial score (nSPS) is 18.5. The molecule has 33 heavy (non-hydrogen) atoms. The van der Waals surface area contributed by atoms with E-state index in [0.717, 1.165) is 11.3 Å². The Balaban J connectivity index is 1.50. The lowest BCUT2D eigenvalue weighted by Crippen LogP contribution is -2.51. The third kappa shape index (κ3) is 5.41. The molecule has 1 N–H and O–H groups in total. The first-order valence-corrected chi connectivity index (χ1v) is 13.7. The molecule has 1 saturated carbocycles. The predicted octanol–water partition coefficient (Wildman–Crippen LogP) is 3.75. The maximum atomic E-state index is 13.5. The maximum Gasteiger partial charge on any atom is 0.264 e. The molecule has 0 spiro atoms. The van der Waals surface area contributed by atoms with Crippen molar-refractivity contribution >= 4 is 33.4 Å². The summed E-state index contributed by atoms with van der Waals surface area (Å²) in [7, 11) is -2.37. The number of aryl methyl sites for hydroxylation is 1. The summed E-state index contributed by atoms with van der Waals surface area (Å²) in [6.07, 6.45) is 4.15. The second-order valence-corrected chi connectivity index (χ2v) is 11.6. The Morgan fingerprint density at radius 2 is 1.91 bits per heavy atom. The van der Waals surface area contributed by atoms with E-state index in [2.05, 4.69) is 5.32 Å². The van der Waals surface area contributed by atoms with Crippen LogP contribution in [-0.4, -0.2) is 51.6 Å². The van der Waals surface area contributed by atoms with Crippen LogP contribution in [0, 0.1) is 6.92 Å². The highest BCUT2D eigenvalue weighted by Gasteiger charge is 2.37. The van der Waals surface area contributed by atoms with Gasteiger partial charge in [0.15, 0.2) is 6.10 Å². The van der Waals surface area contributed by atoms with Gasteiger partial charge in [-0.15, -0.1) is 0 Å². The first-order chi connectivity index (χ1) is 15.9. The molecule has 0 unspecified atom stereocenters. The summed E-state index contributed by atoms with van der Waals surface area (Å²) in [5.41, 5.74) is 1.35. The summed E-state index contributed by atoms with van der Waals surface area (Å²) < 4.78 is 39.4. The lowest BCUT2D eigenvalue weighted by Gasteiger charge is -2.35. The molecule has 1 fully saturated rings. The predicted molar refractivity (Wildman–Crippen MR) is 131 cm³/mol. The first-order valence-electron chi connectivity index (χ1n) is 11.2. The smallest absolute Gasteiger partial charge is 0.264 e. The van der Waals surface area contributed by atoms with Crippen LogP contribution in [0.25, 0.3) is 0 Å². The van der Waals surface area contributed by atoms with E-state index in [1.807, 2.05) is 24.8 Å². The first kappa shape index (κ1) is 23.8. The lowest BCUT2D eigenvalue weighted by molar-refractivity contribution is -0.127. The van der Waals surface area contributed by atoms with E-state index >= 15 is 0 Å². The minimum absolute atomic E-state index is 0.0912. The number of sulfonamides is 1. The molecule has 178 valence electrons. The number of amides is 1. The van der Waals surface area contributed by atoms with Crippen molar-refractivity contribution < 1.29 is 22.7 Å². The Morgan fingerprint density at radius 3 is 2.61 bits per heavy atom. The van der Waals surface area contributed by atoms with Crippen molar-refractivity contribution in [3.05, 3.63) is 48.0 Å². The highest BCUT2D eigenvalue weighted by molar-refractivity contribution is 7.99. The largest absolute Gasteiger partial charge is 0.497 e. The molecule has 0 bridgehead atoms. The fourth-order valence-corrected chi connectivity index (χ4v) is 6.86. The molecule has 9 heteroatoms. The van der Waals surface area contributed by atoms with Crippen molar-refractivity contribution in [2.24, 2.45) is 0 Å². The third-order valence-electron chi connectivity index (χ3n) is 5.98. The molecular formula is C24H30N2O5S2. The van der Waals surface area contributed by atoms with Gasteiger partial charge in [-0.2, -0.15) is 11.8 Å². The number of anilines is 1. The molecule has 7 nitrogen and oxygen atoms in total. The van der Waals surface area contributed by atoms with Crippen molar-refractivity contribution in [3.8, 4) is 11.5 Å². The average molecular weight is 491 g/mol. The molecule has 1 heterocycles. The van der Waals surface area contributed by atoms with Crippen LogP contribution in [-0.2, 0) is 14.8 Å². The van der Waals surface area contributed by atoms with E-state index in [-0.39, 0.29) is 17.3 Å². The standard InChI is InChI=1S/C24H30N2O5S2/c1-17-7-12-21-22(15-17)31-23(24(27)25-13-14-32-19-5-3-4-6-19)16-26(21)33(28,29)20-10-8-18(30-2)9-11-20/h7-12,15,19,23H,3-6,13-14,16H2,1-2H3,(H,25,27)/t23-/m1/s1. The zero-order valence-electron chi connectivity index (χ0n) is 19.0. The van der Waals surface area contributed by atoms with Crippen LogP contribution >= 0.6 is 11.8 Å². The second-order valence-electron chi connectivity index (χ2n) is 8.36. The highest BCUT2D eigenvalue weighted by Crippen LogP contribution is 2.38. The molecule has 1 aliphatic carbocycles. The minimum atomic E-state index is -3.90. The average Bonchev–Trinajstić information content (AvgIpc) is 3.34.